The van der Waals surface area contributed by atoms with Crippen LogP contribution in [0, 0.1) is 0 Å². The highest BCUT2D eigenvalue weighted by Crippen LogP contribution is 2.24. The molecule has 2 N–H and O–H groups in total. The van der Waals surface area contributed by atoms with Gasteiger partial charge in [0, 0.05) is 18.0 Å². The van der Waals surface area contributed by atoms with Gasteiger partial charge in [0.2, 0.25) is 0 Å². The van der Waals surface area contributed by atoms with Gasteiger partial charge < -0.3 is 15.0 Å². The van der Waals surface area contributed by atoms with E-state index in [1.54, 1.807) is 12.1 Å². The molecule has 1 amide bonds. The summed E-state index contributed by atoms with van der Waals surface area (Å²) in [5.41, 5.74) is 1.45. The van der Waals surface area contributed by atoms with Crippen molar-refractivity contribution in [2.75, 3.05) is 0 Å². The summed E-state index contributed by atoms with van der Waals surface area (Å²) in [5.74, 6) is -0.753. The number of hydrogen-bond donors (Lipinski definition) is 2. The molecule has 0 atom stereocenters. The standard InChI is InChI=1S/C22H16F3N3O3/c23-22(24,25)31-17-9-7-16(8-10-17)28-19(29)11-6-15-12-18(27-20(15)28)21(30)26-13-14-4-2-1-3-5-14/h1-12,27H,13H2,(H,26,30). The Labute approximate surface area is 173 Å². The zero-order valence-electron chi connectivity index (χ0n) is 15.9. The Morgan fingerprint density at radius 3 is 2.39 bits per heavy atom. The number of alkyl halides is 3. The van der Waals surface area contributed by atoms with Crippen LogP contribution in [0.3, 0.4) is 0 Å². The van der Waals surface area contributed by atoms with Crippen molar-refractivity contribution in [1.82, 2.24) is 14.9 Å². The molecule has 0 aliphatic rings. The number of fused-ring (bicyclic) bond motifs is 1. The maximum atomic E-state index is 12.5. The highest BCUT2D eigenvalue weighted by atomic mass is 19.4. The summed E-state index contributed by atoms with van der Waals surface area (Å²) < 4.78 is 42.2. The normalized spacial score (nSPS) is 11.5. The third kappa shape index (κ3) is 4.61. The molecule has 6 nitrogen and oxygen atoms in total. The number of hydrogen-bond acceptors (Lipinski definition) is 3. The Hall–Kier alpha value is -4.01. The third-order valence-electron chi connectivity index (χ3n) is 4.54. The second-order valence-corrected chi connectivity index (χ2v) is 6.70. The van der Waals surface area contributed by atoms with Crippen molar-refractivity contribution < 1.29 is 22.7 Å². The van der Waals surface area contributed by atoms with E-state index in [1.807, 2.05) is 30.3 Å². The quantitative estimate of drug-likeness (QED) is 0.503. The highest BCUT2D eigenvalue weighted by molar-refractivity contribution is 5.97. The van der Waals surface area contributed by atoms with Crippen molar-refractivity contribution in [3.8, 4) is 11.4 Å². The number of nitrogens with one attached hydrogen (secondary N) is 2. The Bertz CT molecular complexity index is 1280. The average Bonchev–Trinajstić information content (AvgIpc) is 3.17. The molecule has 0 fully saturated rings. The van der Waals surface area contributed by atoms with Crippen LogP contribution in [0.15, 0.2) is 77.6 Å². The van der Waals surface area contributed by atoms with Gasteiger partial charge in [-0.05, 0) is 42.0 Å². The first-order valence-electron chi connectivity index (χ1n) is 9.23. The molecule has 31 heavy (non-hydrogen) atoms. The molecule has 0 saturated heterocycles. The Balaban J connectivity index is 1.63. The lowest BCUT2D eigenvalue weighted by Crippen LogP contribution is -2.23. The van der Waals surface area contributed by atoms with Gasteiger partial charge in [-0.15, -0.1) is 13.2 Å². The van der Waals surface area contributed by atoms with E-state index in [0.717, 1.165) is 17.7 Å². The van der Waals surface area contributed by atoms with Crippen molar-refractivity contribution in [1.29, 1.82) is 0 Å². The fourth-order valence-corrected chi connectivity index (χ4v) is 3.17. The predicted octanol–water partition coefficient (Wildman–Crippen LogP) is 4.15. The van der Waals surface area contributed by atoms with Crippen molar-refractivity contribution in [3.63, 3.8) is 0 Å². The molecular formula is C22H16F3N3O3. The fourth-order valence-electron chi connectivity index (χ4n) is 3.17. The van der Waals surface area contributed by atoms with Crippen LogP contribution < -0.4 is 15.6 Å². The number of ether oxygens (including phenoxy) is 1. The summed E-state index contributed by atoms with van der Waals surface area (Å²) >= 11 is 0. The van der Waals surface area contributed by atoms with Crippen molar-refractivity contribution in [2.24, 2.45) is 0 Å². The van der Waals surface area contributed by atoms with Crippen molar-refractivity contribution in [3.05, 3.63) is 94.4 Å². The molecule has 4 aromatic rings. The van der Waals surface area contributed by atoms with E-state index in [2.05, 4.69) is 15.0 Å². The van der Waals surface area contributed by atoms with E-state index in [-0.39, 0.29) is 11.6 Å². The number of benzene rings is 2. The Morgan fingerprint density at radius 2 is 1.71 bits per heavy atom. The lowest BCUT2D eigenvalue weighted by atomic mass is 10.2. The highest BCUT2D eigenvalue weighted by Gasteiger charge is 2.31. The first-order chi connectivity index (χ1) is 14.8. The van der Waals surface area contributed by atoms with Crippen LogP contribution in [0.2, 0.25) is 0 Å². The van der Waals surface area contributed by atoms with Gasteiger partial charge in [-0.2, -0.15) is 0 Å². The lowest BCUT2D eigenvalue weighted by molar-refractivity contribution is -0.274. The number of amides is 1. The molecule has 2 heterocycles. The molecular weight excluding hydrogens is 411 g/mol. The SMILES string of the molecule is O=C(NCc1ccccc1)c1cc2ccc(=O)n(-c3ccc(OC(F)(F)F)cc3)c2[nH]1. The largest absolute Gasteiger partial charge is 0.573 e. The average molecular weight is 427 g/mol. The minimum absolute atomic E-state index is 0.252. The number of aromatic amines is 1. The molecule has 0 saturated carbocycles. The van der Waals surface area contributed by atoms with Crippen LogP contribution in [-0.4, -0.2) is 21.8 Å². The predicted molar refractivity (Wildman–Crippen MR) is 108 cm³/mol. The summed E-state index contributed by atoms with van der Waals surface area (Å²) in [6.07, 6.45) is -4.81. The number of H-pyrrole nitrogens is 1. The molecule has 158 valence electrons. The van der Waals surface area contributed by atoms with Crippen LogP contribution in [0.4, 0.5) is 13.2 Å². The fraction of sp³-hybridized carbons (Fsp3) is 0.0909. The van der Waals surface area contributed by atoms with E-state index in [0.29, 0.717) is 23.3 Å². The van der Waals surface area contributed by atoms with E-state index in [9.17, 15) is 22.8 Å². The summed E-state index contributed by atoms with van der Waals surface area (Å²) in [4.78, 5) is 27.9. The summed E-state index contributed by atoms with van der Waals surface area (Å²) in [6, 6.07) is 18.8. The van der Waals surface area contributed by atoms with E-state index in [1.165, 1.54) is 22.8 Å². The van der Waals surface area contributed by atoms with E-state index in [4.69, 9.17) is 0 Å². The number of pyridine rings is 1. The van der Waals surface area contributed by atoms with Gasteiger partial charge in [-0.25, -0.2) is 0 Å². The number of rotatable bonds is 5. The second kappa shape index (κ2) is 8.02. The van der Waals surface area contributed by atoms with Crippen LogP contribution in [-0.2, 0) is 6.54 Å². The molecule has 9 heteroatoms. The molecule has 0 radical (unpaired) electrons. The molecule has 0 bridgehead atoms. The van der Waals surface area contributed by atoms with E-state index >= 15 is 0 Å². The first-order valence-corrected chi connectivity index (χ1v) is 9.23. The van der Waals surface area contributed by atoms with Gasteiger partial charge in [-0.3, -0.25) is 14.2 Å². The minimum Gasteiger partial charge on any atom is -0.406 e. The molecule has 0 aliphatic heterocycles. The van der Waals surface area contributed by atoms with Gasteiger partial charge in [0.05, 0.1) is 5.69 Å². The van der Waals surface area contributed by atoms with Gasteiger partial charge in [0.25, 0.3) is 11.5 Å². The molecule has 2 aromatic heterocycles. The number of carbonyl (C=O) groups excluding carboxylic acids is 1. The number of halogens is 3. The van der Waals surface area contributed by atoms with Crippen LogP contribution in [0.25, 0.3) is 16.7 Å². The molecule has 0 unspecified atom stereocenters. The first kappa shape index (κ1) is 20.3. The van der Waals surface area contributed by atoms with Crippen LogP contribution >= 0.6 is 0 Å². The topological polar surface area (TPSA) is 76.1 Å². The van der Waals surface area contributed by atoms with Crippen molar-refractivity contribution in [2.45, 2.75) is 12.9 Å². The molecule has 0 spiro atoms. The minimum atomic E-state index is -4.81. The number of nitrogens with zero attached hydrogens (tertiary/aromatic N) is 1. The molecule has 0 aliphatic carbocycles. The van der Waals surface area contributed by atoms with Gasteiger partial charge in [-0.1, -0.05) is 30.3 Å². The summed E-state index contributed by atoms with van der Waals surface area (Å²) in [7, 11) is 0. The zero-order valence-corrected chi connectivity index (χ0v) is 15.9. The third-order valence-corrected chi connectivity index (χ3v) is 4.54. The number of aromatic nitrogens is 2. The molecule has 2 aromatic carbocycles. The molecule has 4 rings (SSSR count). The smallest absolute Gasteiger partial charge is 0.406 e. The maximum absolute atomic E-state index is 12.5. The zero-order chi connectivity index (χ0) is 22.0. The van der Waals surface area contributed by atoms with Crippen molar-refractivity contribution >= 4 is 16.9 Å². The van der Waals surface area contributed by atoms with Crippen LogP contribution in [0.1, 0.15) is 16.1 Å². The van der Waals surface area contributed by atoms with Crippen LogP contribution in [0.5, 0.6) is 5.75 Å². The summed E-state index contributed by atoms with van der Waals surface area (Å²) in [5, 5.41) is 3.40. The lowest BCUT2D eigenvalue weighted by Gasteiger charge is -2.11. The Morgan fingerprint density at radius 1 is 1.00 bits per heavy atom. The second-order valence-electron chi connectivity index (χ2n) is 6.70. The number of carbonyl (C=O) groups is 1. The van der Waals surface area contributed by atoms with E-state index < -0.39 is 17.7 Å². The van der Waals surface area contributed by atoms with Gasteiger partial charge in [0.15, 0.2) is 0 Å². The van der Waals surface area contributed by atoms with Gasteiger partial charge in [0.1, 0.15) is 17.1 Å². The maximum Gasteiger partial charge on any atom is 0.573 e. The van der Waals surface area contributed by atoms with Gasteiger partial charge >= 0.3 is 6.36 Å². The Kier molecular flexibility index (Phi) is 5.24. The monoisotopic (exact) mass is 427 g/mol. The summed E-state index contributed by atoms with van der Waals surface area (Å²) in [6.45, 7) is 0.336.